The molecule has 1 unspecified atom stereocenters. The number of benzene rings is 2. The van der Waals surface area contributed by atoms with Crippen molar-refractivity contribution < 1.29 is 17.9 Å². The lowest BCUT2D eigenvalue weighted by molar-refractivity contribution is 0.201. The molecule has 0 aliphatic heterocycles. The van der Waals surface area contributed by atoms with E-state index in [2.05, 4.69) is 0 Å². The highest BCUT2D eigenvalue weighted by atomic mass is 32.2. The molecule has 0 aromatic heterocycles. The smallest absolute Gasteiger partial charge is 0.156 e. The van der Waals surface area contributed by atoms with Crippen LogP contribution in [-0.2, 0) is 9.84 Å². The predicted octanol–water partition coefficient (Wildman–Crippen LogP) is 2.99. The molecule has 0 aliphatic rings. The standard InChI is InChI=1S/C17H17FO3S/c18-16-10-8-15(9-11-16)17(19)13-22(20,21)12-4-7-14-5-2-1-3-6-14/h1-11,17,19H,12-13H2. The van der Waals surface area contributed by atoms with Gasteiger partial charge < -0.3 is 5.11 Å². The summed E-state index contributed by atoms with van der Waals surface area (Å²) >= 11 is 0. The highest BCUT2D eigenvalue weighted by Gasteiger charge is 2.17. The van der Waals surface area contributed by atoms with E-state index in [1.807, 2.05) is 30.3 Å². The molecule has 0 bridgehead atoms. The first-order valence-electron chi connectivity index (χ1n) is 6.82. The SMILES string of the molecule is O=S(=O)(CC=Cc1ccccc1)CC(O)c1ccc(F)cc1. The number of hydrogen-bond acceptors (Lipinski definition) is 3. The first kappa shape index (κ1) is 16.4. The van der Waals surface area contributed by atoms with Gasteiger partial charge >= 0.3 is 0 Å². The molecular formula is C17H17FO3S. The van der Waals surface area contributed by atoms with Crippen LogP contribution in [0.1, 0.15) is 17.2 Å². The van der Waals surface area contributed by atoms with E-state index in [1.54, 1.807) is 12.2 Å². The summed E-state index contributed by atoms with van der Waals surface area (Å²) in [5.74, 6) is -0.970. The second-order valence-electron chi connectivity index (χ2n) is 4.96. The maximum atomic E-state index is 12.8. The van der Waals surface area contributed by atoms with Crippen molar-refractivity contribution in [3.8, 4) is 0 Å². The zero-order valence-corrected chi connectivity index (χ0v) is 12.7. The highest BCUT2D eigenvalue weighted by Crippen LogP contribution is 2.16. The van der Waals surface area contributed by atoms with E-state index >= 15 is 0 Å². The van der Waals surface area contributed by atoms with Gasteiger partial charge in [0.15, 0.2) is 9.84 Å². The van der Waals surface area contributed by atoms with Crippen molar-refractivity contribution >= 4 is 15.9 Å². The van der Waals surface area contributed by atoms with Crippen LogP contribution in [0.4, 0.5) is 4.39 Å². The molecule has 0 saturated heterocycles. The van der Waals surface area contributed by atoms with Crippen molar-refractivity contribution in [3.63, 3.8) is 0 Å². The first-order chi connectivity index (χ1) is 10.5. The molecule has 1 N–H and O–H groups in total. The topological polar surface area (TPSA) is 54.4 Å². The molecule has 2 rings (SSSR count). The van der Waals surface area contributed by atoms with Crippen molar-refractivity contribution in [2.24, 2.45) is 0 Å². The van der Waals surface area contributed by atoms with Gasteiger partial charge in [-0.05, 0) is 23.3 Å². The summed E-state index contributed by atoms with van der Waals surface area (Å²) in [4.78, 5) is 0. The number of rotatable bonds is 6. The van der Waals surface area contributed by atoms with Gasteiger partial charge in [0.25, 0.3) is 0 Å². The Morgan fingerprint density at radius 1 is 1.05 bits per heavy atom. The highest BCUT2D eigenvalue weighted by molar-refractivity contribution is 7.91. The minimum absolute atomic E-state index is 0.153. The van der Waals surface area contributed by atoms with Gasteiger partial charge in [-0.2, -0.15) is 0 Å². The molecule has 1 atom stereocenters. The Bertz CT molecular complexity index is 722. The molecule has 0 spiro atoms. The van der Waals surface area contributed by atoms with E-state index in [-0.39, 0.29) is 5.75 Å². The summed E-state index contributed by atoms with van der Waals surface area (Å²) in [6.45, 7) is 0. The van der Waals surface area contributed by atoms with E-state index in [0.717, 1.165) is 5.56 Å². The average Bonchev–Trinajstić information content (AvgIpc) is 2.48. The van der Waals surface area contributed by atoms with Crippen LogP contribution in [0.15, 0.2) is 60.7 Å². The fourth-order valence-corrected chi connectivity index (χ4v) is 3.18. The summed E-state index contributed by atoms with van der Waals surface area (Å²) in [6, 6.07) is 14.5. The molecule has 0 fully saturated rings. The van der Waals surface area contributed by atoms with Crippen molar-refractivity contribution in [1.29, 1.82) is 0 Å². The Hall–Kier alpha value is -1.98. The van der Waals surface area contributed by atoms with Gasteiger partial charge in [0.1, 0.15) is 5.82 Å². The summed E-state index contributed by atoms with van der Waals surface area (Å²) in [7, 11) is -3.44. The maximum Gasteiger partial charge on any atom is 0.156 e. The van der Waals surface area contributed by atoms with E-state index < -0.39 is 27.5 Å². The van der Waals surface area contributed by atoms with Crippen molar-refractivity contribution in [2.45, 2.75) is 6.10 Å². The van der Waals surface area contributed by atoms with E-state index in [1.165, 1.54) is 24.3 Å². The molecule has 2 aromatic rings. The zero-order chi connectivity index (χ0) is 16.0. The number of aliphatic hydroxyl groups excluding tert-OH is 1. The minimum Gasteiger partial charge on any atom is -0.387 e. The molecule has 0 amide bonds. The Balaban J connectivity index is 1.96. The third-order valence-corrected chi connectivity index (χ3v) is 4.65. The minimum atomic E-state index is -3.44. The Morgan fingerprint density at radius 3 is 2.32 bits per heavy atom. The third-order valence-electron chi connectivity index (χ3n) is 3.13. The van der Waals surface area contributed by atoms with Crippen LogP contribution in [0.2, 0.25) is 0 Å². The third kappa shape index (κ3) is 5.09. The van der Waals surface area contributed by atoms with Gasteiger partial charge in [-0.25, -0.2) is 12.8 Å². The van der Waals surface area contributed by atoms with Crippen molar-refractivity contribution in [3.05, 3.63) is 77.6 Å². The van der Waals surface area contributed by atoms with Gasteiger partial charge in [0.05, 0.1) is 17.6 Å². The Kier molecular flexibility index (Phi) is 5.46. The van der Waals surface area contributed by atoms with Gasteiger partial charge in [0, 0.05) is 0 Å². The van der Waals surface area contributed by atoms with Crippen molar-refractivity contribution in [2.75, 3.05) is 11.5 Å². The van der Waals surface area contributed by atoms with E-state index in [4.69, 9.17) is 0 Å². The summed E-state index contributed by atoms with van der Waals surface area (Å²) in [6.07, 6.45) is 2.12. The Labute approximate surface area is 129 Å². The molecular weight excluding hydrogens is 303 g/mol. The second-order valence-corrected chi connectivity index (χ2v) is 7.11. The van der Waals surface area contributed by atoms with Gasteiger partial charge in [0.2, 0.25) is 0 Å². The Morgan fingerprint density at radius 2 is 1.68 bits per heavy atom. The molecule has 0 saturated carbocycles. The molecule has 22 heavy (non-hydrogen) atoms. The van der Waals surface area contributed by atoms with Crippen LogP contribution in [0.25, 0.3) is 6.08 Å². The fourth-order valence-electron chi connectivity index (χ4n) is 1.98. The molecule has 5 heteroatoms. The number of hydrogen-bond donors (Lipinski definition) is 1. The van der Waals surface area contributed by atoms with E-state index in [0.29, 0.717) is 5.56 Å². The van der Waals surface area contributed by atoms with Crippen molar-refractivity contribution in [1.82, 2.24) is 0 Å². The predicted molar refractivity (Wildman–Crippen MR) is 85.5 cm³/mol. The maximum absolute atomic E-state index is 12.8. The molecule has 116 valence electrons. The van der Waals surface area contributed by atoms with Gasteiger partial charge in [-0.15, -0.1) is 0 Å². The summed E-state index contributed by atoms with van der Waals surface area (Å²) < 4.78 is 36.8. The largest absolute Gasteiger partial charge is 0.387 e. The average molecular weight is 320 g/mol. The molecule has 0 aliphatic carbocycles. The van der Waals surface area contributed by atoms with Gasteiger partial charge in [-0.3, -0.25) is 0 Å². The van der Waals surface area contributed by atoms with Crippen LogP contribution in [-0.4, -0.2) is 25.0 Å². The summed E-state index contributed by atoms with van der Waals surface area (Å²) in [5.41, 5.74) is 1.30. The quantitative estimate of drug-likeness (QED) is 0.890. The molecule has 0 heterocycles. The van der Waals surface area contributed by atoms with Crippen LogP contribution in [0.5, 0.6) is 0 Å². The zero-order valence-electron chi connectivity index (χ0n) is 11.9. The van der Waals surface area contributed by atoms with E-state index in [9.17, 15) is 17.9 Å². The first-order valence-corrected chi connectivity index (χ1v) is 8.64. The van der Waals surface area contributed by atoms with Crippen LogP contribution < -0.4 is 0 Å². The summed E-state index contributed by atoms with van der Waals surface area (Å²) in [5, 5.41) is 9.94. The fraction of sp³-hybridized carbons (Fsp3) is 0.176. The second kappa shape index (κ2) is 7.33. The number of sulfone groups is 1. The van der Waals surface area contributed by atoms with Crippen LogP contribution >= 0.6 is 0 Å². The lowest BCUT2D eigenvalue weighted by Crippen LogP contribution is -2.16. The lowest BCUT2D eigenvalue weighted by Gasteiger charge is -2.10. The molecule has 3 nitrogen and oxygen atoms in total. The normalized spacial score (nSPS) is 13.4. The lowest BCUT2D eigenvalue weighted by atomic mass is 10.1. The van der Waals surface area contributed by atoms with Gasteiger partial charge in [-0.1, -0.05) is 54.6 Å². The number of aliphatic hydroxyl groups is 1. The molecule has 0 radical (unpaired) electrons. The van der Waals surface area contributed by atoms with Crippen LogP contribution in [0.3, 0.4) is 0 Å². The van der Waals surface area contributed by atoms with Crippen LogP contribution in [0, 0.1) is 5.82 Å². The number of halogens is 1. The monoisotopic (exact) mass is 320 g/mol. The molecule has 2 aromatic carbocycles.